The Kier molecular flexibility index (Phi) is 5.27. The maximum Gasteiger partial charge on any atom is 0.573 e. The Hall–Kier alpha value is -2.23. The van der Waals surface area contributed by atoms with Crippen molar-refractivity contribution in [2.45, 2.75) is 47.5 Å². The molecule has 3 aromatic rings. The molecule has 0 spiro atoms. The van der Waals surface area contributed by atoms with Gasteiger partial charge in [-0.1, -0.05) is 18.2 Å². The summed E-state index contributed by atoms with van der Waals surface area (Å²) < 4.78 is 72.0. The number of rotatable bonds is 3. The molecule has 2 aliphatic heterocycles. The van der Waals surface area contributed by atoms with Crippen molar-refractivity contribution < 1.29 is 26.3 Å². The van der Waals surface area contributed by atoms with Gasteiger partial charge in [-0.2, -0.15) is 0 Å². The Morgan fingerprint density at radius 3 is 2.48 bits per heavy atom. The Bertz CT molecular complexity index is 1260. The first-order valence-electron chi connectivity index (χ1n) is 9.62. The molecule has 2 aliphatic rings. The van der Waals surface area contributed by atoms with E-state index >= 15 is 0 Å². The average molecular weight is 473 g/mol. The summed E-state index contributed by atoms with van der Waals surface area (Å²) in [4.78, 5) is -0.194. The smallest absolute Gasteiger partial charge is 0.403 e. The van der Waals surface area contributed by atoms with Gasteiger partial charge in [0.2, 0.25) is 9.84 Å². The largest absolute Gasteiger partial charge is 0.573 e. The Balaban J connectivity index is 0.00000231. The van der Waals surface area contributed by atoms with Gasteiger partial charge >= 0.3 is 6.36 Å². The van der Waals surface area contributed by atoms with Gasteiger partial charge in [0.1, 0.15) is 0 Å². The van der Waals surface area contributed by atoms with Crippen LogP contribution in [0.25, 0.3) is 10.9 Å². The summed E-state index contributed by atoms with van der Waals surface area (Å²) >= 11 is 0. The fourth-order valence-corrected chi connectivity index (χ4v) is 6.10. The van der Waals surface area contributed by atoms with E-state index in [9.17, 15) is 21.6 Å². The molecule has 2 bridgehead atoms. The number of nitrogens with zero attached hydrogens (tertiary/aromatic N) is 1. The average Bonchev–Trinajstić information content (AvgIpc) is 3.20. The quantitative estimate of drug-likeness (QED) is 0.601. The molecule has 1 N–H and O–H groups in total. The Labute approximate surface area is 183 Å². The van der Waals surface area contributed by atoms with E-state index in [0.29, 0.717) is 11.8 Å². The van der Waals surface area contributed by atoms with E-state index < -0.39 is 21.9 Å². The van der Waals surface area contributed by atoms with Crippen LogP contribution in [0, 0.1) is 0 Å². The molecule has 2 unspecified atom stereocenters. The molecular formula is C21H20ClF3N2O3S. The van der Waals surface area contributed by atoms with Gasteiger partial charge in [-0.05, 0) is 36.6 Å². The van der Waals surface area contributed by atoms with Crippen LogP contribution in [0.1, 0.15) is 30.1 Å². The highest BCUT2D eigenvalue weighted by Gasteiger charge is 2.39. The number of hydrogen-bond acceptors (Lipinski definition) is 4. The highest BCUT2D eigenvalue weighted by atomic mass is 35.5. The molecule has 0 aliphatic carbocycles. The third kappa shape index (κ3) is 3.58. The second-order valence-electron chi connectivity index (χ2n) is 7.80. The normalized spacial score (nSPS) is 20.4. The number of benzene rings is 2. The van der Waals surface area contributed by atoms with Crippen molar-refractivity contribution in [3.8, 4) is 5.75 Å². The molecule has 0 saturated carbocycles. The van der Waals surface area contributed by atoms with Gasteiger partial charge in [-0.15, -0.1) is 25.6 Å². The molecule has 2 atom stereocenters. The molecule has 1 saturated heterocycles. The molecular weight excluding hydrogens is 453 g/mol. The number of aromatic nitrogens is 1. The van der Waals surface area contributed by atoms with Crippen LogP contribution in [0.4, 0.5) is 13.2 Å². The predicted molar refractivity (Wildman–Crippen MR) is 111 cm³/mol. The van der Waals surface area contributed by atoms with E-state index in [0.717, 1.165) is 30.2 Å². The predicted octanol–water partition coefficient (Wildman–Crippen LogP) is 4.68. The number of halogens is 4. The van der Waals surface area contributed by atoms with E-state index in [1.165, 1.54) is 18.2 Å². The van der Waals surface area contributed by atoms with Crippen molar-refractivity contribution in [1.29, 1.82) is 0 Å². The zero-order valence-electron chi connectivity index (χ0n) is 16.4. The van der Waals surface area contributed by atoms with Gasteiger partial charge in [-0.25, -0.2) is 8.42 Å². The Morgan fingerprint density at radius 1 is 1.10 bits per heavy atom. The summed E-state index contributed by atoms with van der Waals surface area (Å²) in [5.74, 6) is -0.498. The SMILES string of the molecule is Cl.Cn1c2c(c3cc(S(=O)(=O)c4ccccc4)cc(OC(F)(F)F)c31)C1CCC(C2)N1. The van der Waals surface area contributed by atoms with Crippen molar-refractivity contribution in [3.05, 3.63) is 53.7 Å². The summed E-state index contributed by atoms with van der Waals surface area (Å²) in [6, 6.07) is 10.4. The summed E-state index contributed by atoms with van der Waals surface area (Å²) in [6.07, 6.45) is -2.41. The molecule has 5 rings (SSSR count). The van der Waals surface area contributed by atoms with Gasteiger partial charge in [0.15, 0.2) is 5.75 Å². The van der Waals surface area contributed by atoms with Crippen LogP contribution in [-0.2, 0) is 23.3 Å². The molecule has 0 radical (unpaired) electrons. The summed E-state index contributed by atoms with van der Waals surface area (Å²) in [5.41, 5.74) is 2.06. The highest BCUT2D eigenvalue weighted by Crippen LogP contribution is 2.45. The second-order valence-corrected chi connectivity index (χ2v) is 9.75. The lowest BCUT2D eigenvalue weighted by molar-refractivity contribution is -0.274. The molecule has 31 heavy (non-hydrogen) atoms. The van der Waals surface area contributed by atoms with Crippen LogP contribution in [0.3, 0.4) is 0 Å². The van der Waals surface area contributed by atoms with E-state index in [4.69, 9.17) is 0 Å². The van der Waals surface area contributed by atoms with Gasteiger partial charge in [0, 0.05) is 42.7 Å². The number of nitrogens with one attached hydrogen (secondary N) is 1. The lowest BCUT2D eigenvalue weighted by Gasteiger charge is -2.23. The van der Waals surface area contributed by atoms with Crippen molar-refractivity contribution in [2.75, 3.05) is 0 Å². The zero-order chi connectivity index (χ0) is 21.3. The van der Waals surface area contributed by atoms with Crippen LogP contribution < -0.4 is 10.1 Å². The van der Waals surface area contributed by atoms with Crippen molar-refractivity contribution in [1.82, 2.24) is 9.88 Å². The van der Waals surface area contributed by atoms with Gasteiger partial charge < -0.3 is 14.6 Å². The zero-order valence-corrected chi connectivity index (χ0v) is 18.1. The van der Waals surface area contributed by atoms with Crippen LogP contribution in [0.5, 0.6) is 5.75 Å². The monoisotopic (exact) mass is 472 g/mol. The fourth-order valence-electron chi connectivity index (χ4n) is 4.78. The lowest BCUT2D eigenvalue weighted by Crippen LogP contribution is -2.32. The maximum absolute atomic E-state index is 13.2. The van der Waals surface area contributed by atoms with Gasteiger partial charge in [0.05, 0.1) is 15.3 Å². The third-order valence-corrected chi connectivity index (χ3v) is 7.76. The van der Waals surface area contributed by atoms with Crippen LogP contribution in [0.15, 0.2) is 52.3 Å². The first-order chi connectivity index (χ1) is 14.1. The lowest BCUT2D eigenvalue weighted by atomic mass is 9.99. The third-order valence-electron chi connectivity index (χ3n) is 6.01. The summed E-state index contributed by atoms with van der Waals surface area (Å²) in [5, 5.41) is 3.97. The first kappa shape index (κ1) is 22.0. The molecule has 1 aromatic heterocycles. The minimum atomic E-state index is -4.94. The van der Waals surface area contributed by atoms with Crippen LogP contribution in [0.2, 0.25) is 0 Å². The van der Waals surface area contributed by atoms with E-state index in [1.807, 2.05) is 0 Å². The standard InChI is InChI=1S/C21H19F3N2O3S.ClH/c1-26-17-9-12-7-8-16(25-12)19(17)15-10-14(11-18(20(15)26)29-21(22,23)24)30(27,28)13-5-3-2-4-6-13;/h2-6,10-12,16,25H,7-9H2,1H3;1H. The molecule has 3 heterocycles. The van der Waals surface area contributed by atoms with E-state index in [-0.39, 0.29) is 39.8 Å². The van der Waals surface area contributed by atoms with Crippen LogP contribution >= 0.6 is 12.4 Å². The van der Waals surface area contributed by atoms with E-state index in [1.54, 1.807) is 29.8 Å². The van der Waals surface area contributed by atoms with E-state index in [2.05, 4.69) is 10.1 Å². The number of hydrogen-bond donors (Lipinski definition) is 1. The summed E-state index contributed by atoms with van der Waals surface area (Å²) in [6.45, 7) is 0. The summed E-state index contributed by atoms with van der Waals surface area (Å²) in [7, 11) is -2.31. The molecule has 2 aromatic carbocycles. The van der Waals surface area contributed by atoms with Crippen molar-refractivity contribution >= 4 is 33.1 Å². The maximum atomic E-state index is 13.2. The minimum absolute atomic E-state index is 0. The number of aryl methyl sites for hydroxylation is 1. The van der Waals surface area contributed by atoms with Crippen molar-refractivity contribution in [2.24, 2.45) is 7.05 Å². The number of alkyl halides is 3. The topological polar surface area (TPSA) is 60.3 Å². The van der Waals surface area contributed by atoms with Gasteiger partial charge in [0.25, 0.3) is 0 Å². The number of ether oxygens (including phenoxy) is 1. The van der Waals surface area contributed by atoms with Gasteiger partial charge in [-0.3, -0.25) is 0 Å². The minimum Gasteiger partial charge on any atom is -0.403 e. The first-order valence-corrected chi connectivity index (χ1v) is 11.1. The molecule has 0 amide bonds. The number of sulfone groups is 1. The Morgan fingerprint density at radius 2 is 1.81 bits per heavy atom. The molecule has 1 fully saturated rings. The van der Waals surface area contributed by atoms with Crippen molar-refractivity contribution in [3.63, 3.8) is 0 Å². The molecule has 5 nitrogen and oxygen atoms in total. The molecule has 10 heteroatoms. The molecule has 166 valence electrons. The number of fused-ring (bicyclic) bond motifs is 6. The fraction of sp³-hybridized carbons (Fsp3) is 0.333. The van der Waals surface area contributed by atoms with Crippen LogP contribution in [-0.4, -0.2) is 25.4 Å². The highest BCUT2D eigenvalue weighted by molar-refractivity contribution is 7.91. The second kappa shape index (κ2) is 7.43.